The maximum Gasteiger partial charge on any atom is 0.299 e. The fraction of sp³-hybridized carbons (Fsp3) is 0.333. The normalized spacial score (nSPS) is 14.7. The Kier molecular flexibility index (Phi) is 2.11. The summed E-state index contributed by atoms with van der Waals surface area (Å²) in [6.07, 6.45) is 0. The average molecular weight is 203 g/mol. The molecule has 3 heteroatoms. The molecule has 0 atom stereocenters. The first-order valence-corrected chi connectivity index (χ1v) is 5.03. The fourth-order valence-corrected chi connectivity index (χ4v) is 2.13. The molecule has 0 N–H and O–H groups in total. The van der Waals surface area contributed by atoms with Crippen LogP contribution in [0.1, 0.15) is 28.4 Å². The van der Waals surface area contributed by atoms with E-state index < -0.39 is 5.91 Å². The summed E-state index contributed by atoms with van der Waals surface area (Å²) in [5, 5.41) is 0. The molecule has 1 aliphatic heterocycles. The third-order valence-corrected chi connectivity index (χ3v) is 2.71. The summed E-state index contributed by atoms with van der Waals surface area (Å²) in [6.45, 7) is 6.28. The van der Waals surface area contributed by atoms with E-state index in [9.17, 15) is 9.59 Å². The summed E-state index contributed by atoms with van der Waals surface area (Å²) in [6, 6.07) is 3.78. The number of nitrogens with zero attached hydrogens (tertiary/aromatic N) is 1. The lowest BCUT2D eigenvalue weighted by atomic mass is 10.0. The molecule has 2 rings (SSSR count). The van der Waals surface area contributed by atoms with Crippen molar-refractivity contribution in [1.29, 1.82) is 0 Å². The van der Waals surface area contributed by atoms with Gasteiger partial charge in [0.25, 0.3) is 11.7 Å². The highest BCUT2D eigenvalue weighted by Gasteiger charge is 2.35. The van der Waals surface area contributed by atoms with Crippen LogP contribution in [0.5, 0.6) is 0 Å². The standard InChI is InChI=1S/C12H13NO2/c1-4-13-10-8(3)5-7(2)6-9(10)11(14)12(13)15/h5-6H,4H2,1-3H3. The van der Waals surface area contributed by atoms with Gasteiger partial charge in [-0.1, -0.05) is 6.07 Å². The van der Waals surface area contributed by atoms with Gasteiger partial charge in [-0.2, -0.15) is 0 Å². The van der Waals surface area contributed by atoms with Crippen molar-refractivity contribution < 1.29 is 9.59 Å². The molecule has 0 saturated heterocycles. The van der Waals surface area contributed by atoms with Crippen molar-refractivity contribution in [2.75, 3.05) is 11.4 Å². The van der Waals surface area contributed by atoms with E-state index in [0.717, 1.165) is 16.8 Å². The third kappa shape index (κ3) is 1.27. The maximum atomic E-state index is 11.7. The van der Waals surface area contributed by atoms with E-state index in [0.29, 0.717) is 12.1 Å². The minimum atomic E-state index is -0.402. The molecule has 0 bridgehead atoms. The van der Waals surface area contributed by atoms with Crippen molar-refractivity contribution in [2.24, 2.45) is 0 Å². The Morgan fingerprint density at radius 3 is 2.47 bits per heavy atom. The van der Waals surface area contributed by atoms with Gasteiger partial charge < -0.3 is 4.90 Å². The molecular formula is C12H13NO2. The second kappa shape index (κ2) is 3.19. The summed E-state index contributed by atoms with van der Waals surface area (Å²) in [7, 11) is 0. The molecule has 78 valence electrons. The van der Waals surface area contributed by atoms with E-state index in [1.165, 1.54) is 0 Å². The Labute approximate surface area is 88.7 Å². The SMILES string of the molecule is CCN1C(=O)C(=O)c2cc(C)cc(C)c21. The molecule has 15 heavy (non-hydrogen) atoms. The van der Waals surface area contributed by atoms with Crippen molar-refractivity contribution in [3.8, 4) is 0 Å². The van der Waals surface area contributed by atoms with Gasteiger partial charge in [0.1, 0.15) is 0 Å². The first kappa shape index (κ1) is 9.90. The number of carbonyl (C=O) groups excluding carboxylic acids is 2. The summed E-state index contributed by atoms with van der Waals surface area (Å²) < 4.78 is 0. The van der Waals surface area contributed by atoms with Gasteiger partial charge in [0, 0.05) is 6.54 Å². The van der Waals surface area contributed by atoms with Gasteiger partial charge in [-0.15, -0.1) is 0 Å². The van der Waals surface area contributed by atoms with Gasteiger partial charge in [0.05, 0.1) is 11.3 Å². The number of likely N-dealkylation sites (N-methyl/N-ethyl adjacent to an activating group) is 1. The fourth-order valence-electron chi connectivity index (χ4n) is 2.13. The van der Waals surface area contributed by atoms with Crippen molar-refractivity contribution in [2.45, 2.75) is 20.8 Å². The second-order valence-corrected chi connectivity index (χ2v) is 3.86. The zero-order valence-electron chi connectivity index (χ0n) is 9.13. The quantitative estimate of drug-likeness (QED) is 0.653. The molecule has 0 radical (unpaired) electrons. The van der Waals surface area contributed by atoms with E-state index in [4.69, 9.17) is 0 Å². The predicted molar refractivity (Wildman–Crippen MR) is 58.3 cm³/mol. The molecule has 1 amide bonds. The Morgan fingerprint density at radius 1 is 1.20 bits per heavy atom. The second-order valence-electron chi connectivity index (χ2n) is 3.86. The minimum Gasteiger partial charge on any atom is -0.305 e. The third-order valence-electron chi connectivity index (χ3n) is 2.71. The smallest absolute Gasteiger partial charge is 0.299 e. The number of carbonyl (C=O) groups is 2. The van der Waals surface area contributed by atoms with Gasteiger partial charge in [0.2, 0.25) is 0 Å². The van der Waals surface area contributed by atoms with Gasteiger partial charge in [0.15, 0.2) is 0 Å². The molecule has 0 aromatic heterocycles. The highest BCUT2D eigenvalue weighted by molar-refractivity contribution is 6.52. The first-order chi connectivity index (χ1) is 7.06. The number of benzene rings is 1. The number of hydrogen-bond donors (Lipinski definition) is 0. The molecule has 1 heterocycles. The summed E-state index contributed by atoms with van der Waals surface area (Å²) in [4.78, 5) is 24.9. The van der Waals surface area contributed by atoms with E-state index in [1.807, 2.05) is 26.8 Å². The highest BCUT2D eigenvalue weighted by atomic mass is 16.2. The maximum absolute atomic E-state index is 11.7. The van der Waals surface area contributed by atoms with E-state index in [2.05, 4.69) is 0 Å². The molecule has 0 saturated carbocycles. The zero-order chi connectivity index (χ0) is 11.2. The van der Waals surface area contributed by atoms with Crippen LogP contribution >= 0.6 is 0 Å². The van der Waals surface area contributed by atoms with E-state index in [-0.39, 0.29) is 5.78 Å². The van der Waals surface area contributed by atoms with Crippen LogP contribution in [0.4, 0.5) is 5.69 Å². The van der Waals surface area contributed by atoms with Gasteiger partial charge in [-0.05, 0) is 38.0 Å². The van der Waals surface area contributed by atoms with Gasteiger partial charge in [-0.3, -0.25) is 9.59 Å². The van der Waals surface area contributed by atoms with Gasteiger partial charge >= 0.3 is 0 Å². The van der Waals surface area contributed by atoms with Crippen molar-refractivity contribution in [1.82, 2.24) is 0 Å². The number of ketones is 1. The first-order valence-electron chi connectivity index (χ1n) is 5.03. The van der Waals surface area contributed by atoms with E-state index >= 15 is 0 Å². The highest BCUT2D eigenvalue weighted by Crippen LogP contribution is 2.32. The molecular weight excluding hydrogens is 190 g/mol. The number of hydrogen-bond acceptors (Lipinski definition) is 2. The number of aryl methyl sites for hydroxylation is 2. The molecule has 1 aromatic rings. The van der Waals surface area contributed by atoms with Crippen molar-refractivity contribution in [3.05, 3.63) is 28.8 Å². The molecule has 1 aromatic carbocycles. The lowest BCUT2D eigenvalue weighted by Gasteiger charge is -2.16. The topological polar surface area (TPSA) is 37.4 Å². The number of rotatable bonds is 1. The van der Waals surface area contributed by atoms with Crippen LogP contribution in [0.15, 0.2) is 12.1 Å². The molecule has 0 fully saturated rings. The molecule has 0 unspecified atom stereocenters. The summed E-state index contributed by atoms with van der Waals surface area (Å²) >= 11 is 0. The number of anilines is 1. The van der Waals surface area contributed by atoms with Crippen LogP contribution in [-0.2, 0) is 4.79 Å². The predicted octanol–water partition coefficient (Wildman–Crippen LogP) is 1.85. The molecule has 1 aliphatic rings. The lowest BCUT2D eigenvalue weighted by Crippen LogP contribution is -2.29. The van der Waals surface area contributed by atoms with E-state index in [1.54, 1.807) is 11.0 Å². The lowest BCUT2D eigenvalue weighted by molar-refractivity contribution is -0.114. The van der Waals surface area contributed by atoms with Crippen LogP contribution in [0.2, 0.25) is 0 Å². The molecule has 3 nitrogen and oxygen atoms in total. The number of Topliss-reactive ketones (excluding diaryl/α,β-unsaturated/α-hetero) is 1. The zero-order valence-corrected chi connectivity index (χ0v) is 9.13. The number of amides is 1. The Hall–Kier alpha value is -1.64. The largest absolute Gasteiger partial charge is 0.305 e. The van der Waals surface area contributed by atoms with Crippen LogP contribution in [0, 0.1) is 13.8 Å². The average Bonchev–Trinajstić information content (AvgIpc) is 2.42. The molecule has 0 spiro atoms. The van der Waals surface area contributed by atoms with Crippen LogP contribution < -0.4 is 4.90 Å². The Bertz CT molecular complexity index is 463. The van der Waals surface area contributed by atoms with Crippen LogP contribution in [-0.4, -0.2) is 18.2 Å². The molecule has 0 aliphatic carbocycles. The van der Waals surface area contributed by atoms with Crippen LogP contribution in [0.3, 0.4) is 0 Å². The van der Waals surface area contributed by atoms with Gasteiger partial charge in [-0.25, -0.2) is 0 Å². The monoisotopic (exact) mass is 203 g/mol. The van der Waals surface area contributed by atoms with Crippen molar-refractivity contribution in [3.63, 3.8) is 0 Å². The number of fused-ring (bicyclic) bond motifs is 1. The minimum absolute atomic E-state index is 0.376. The summed E-state index contributed by atoms with van der Waals surface area (Å²) in [5.74, 6) is -0.778. The Balaban J connectivity index is 2.70. The van der Waals surface area contributed by atoms with Crippen LogP contribution in [0.25, 0.3) is 0 Å². The summed E-state index contributed by atoms with van der Waals surface area (Å²) in [5.41, 5.74) is 3.36. The van der Waals surface area contributed by atoms with Crippen molar-refractivity contribution >= 4 is 17.4 Å². The Morgan fingerprint density at radius 2 is 1.87 bits per heavy atom.